The fourth-order valence-electron chi connectivity index (χ4n) is 3.24. The quantitative estimate of drug-likeness (QED) is 0.685. The first kappa shape index (κ1) is 21.9. The molecule has 0 aromatic heterocycles. The smallest absolute Gasteiger partial charge is 0.326 e. The van der Waals surface area contributed by atoms with Gasteiger partial charge in [0.2, 0.25) is 10.0 Å². The highest BCUT2D eigenvalue weighted by Gasteiger charge is 2.29. The molecule has 9 heteroatoms. The van der Waals surface area contributed by atoms with Gasteiger partial charge in [0.05, 0.1) is 18.1 Å². The molecule has 1 heterocycles. The van der Waals surface area contributed by atoms with Gasteiger partial charge >= 0.3 is 5.97 Å². The van der Waals surface area contributed by atoms with Crippen LogP contribution in [0.15, 0.2) is 53.4 Å². The first-order valence-electron chi connectivity index (χ1n) is 9.55. The molecule has 1 atom stereocenters. The number of benzene rings is 2. The summed E-state index contributed by atoms with van der Waals surface area (Å²) in [4.78, 5) is 24.4. The zero-order chi connectivity index (χ0) is 21.7. The number of nitrogens with one attached hydrogen (secondary N) is 1. The molecule has 8 nitrogen and oxygen atoms in total. The minimum atomic E-state index is -3.79. The van der Waals surface area contributed by atoms with E-state index in [0.29, 0.717) is 18.8 Å². The summed E-state index contributed by atoms with van der Waals surface area (Å²) in [5.41, 5.74) is 1.37. The number of aliphatic carboxylic acids is 1. The van der Waals surface area contributed by atoms with Gasteiger partial charge in [0.15, 0.2) is 0 Å². The molecule has 0 saturated carbocycles. The number of aryl methyl sites for hydroxylation is 1. The van der Waals surface area contributed by atoms with Gasteiger partial charge in [-0.05, 0) is 30.2 Å². The van der Waals surface area contributed by atoms with E-state index < -0.39 is 27.9 Å². The van der Waals surface area contributed by atoms with Crippen molar-refractivity contribution in [2.45, 2.75) is 24.3 Å². The number of hydrogen-bond acceptors (Lipinski definition) is 5. The molecule has 160 valence electrons. The molecule has 2 aromatic rings. The Hall–Kier alpha value is -2.75. The van der Waals surface area contributed by atoms with Gasteiger partial charge in [0.25, 0.3) is 5.91 Å². The largest absolute Gasteiger partial charge is 0.480 e. The Morgan fingerprint density at radius 2 is 1.80 bits per heavy atom. The van der Waals surface area contributed by atoms with Crippen molar-refractivity contribution in [1.29, 1.82) is 0 Å². The number of sulfonamides is 1. The monoisotopic (exact) mass is 432 g/mol. The fourth-order valence-corrected chi connectivity index (χ4v) is 4.90. The molecule has 0 unspecified atom stereocenters. The molecule has 2 N–H and O–H groups in total. The van der Waals surface area contributed by atoms with Crippen molar-refractivity contribution in [2.75, 3.05) is 26.3 Å². The van der Waals surface area contributed by atoms with Crippen molar-refractivity contribution >= 4 is 21.9 Å². The number of carbonyl (C=O) groups is 2. The van der Waals surface area contributed by atoms with Crippen molar-refractivity contribution in [3.63, 3.8) is 0 Å². The summed E-state index contributed by atoms with van der Waals surface area (Å²) in [5.74, 6) is -1.81. The lowest BCUT2D eigenvalue weighted by Gasteiger charge is -2.26. The van der Waals surface area contributed by atoms with Crippen LogP contribution in [0.25, 0.3) is 0 Å². The average molecular weight is 432 g/mol. The number of ether oxygens (including phenoxy) is 1. The molecule has 1 saturated heterocycles. The maximum atomic E-state index is 13.0. The van der Waals surface area contributed by atoms with E-state index >= 15 is 0 Å². The molecule has 0 bridgehead atoms. The normalized spacial score (nSPS) is 16.0. The molecule has 0 aliphatic carbocycles. The molecule has 1 fully saturated rings. The maximum absolute atomic E-state index is 13.0. The molecule has 1 aliphatic heterocycles. The summed E-state index contributed by atoms with van der Waals surface area (Å²) in [6.45, 7) is 2.79. The third-order valence-corrected chi connectivity index (χ3v) is 6.96. The van der Waals surface area contributed by atoms with Gasteiger partial charge in [-0.1, -0.05) is 36.4 Å². The standard InChI is InChI=1S/C21H24N2O6S/c1-15-7-8-17(14-19(15)30(27,28)23-9-11-29-12-10-23)20(24)22-18(21(25)26)13-16-5-3-2-4-6-16/h2-8,14,18H,9-13H2,1H3,(H,22,24)(H,25,26)/t18-/m0/s1. The van der Waals surface area contributed by atoms with E-state index in [1.165, 1.54) is 16.4 Å². The van der Waals surface area contributed by atoms with Crippen molar-refractivity contribution in [3.8, 4) is 0 Å². The summed E-state index contributed by atoms with van der Waals surface area (Å²) >= 11 is 0. The van der Waals surface area contributed by atoms with E-state index in [0.717, 1.165) is 5.56 Å². The zero-order valence-corrected chi connectivity index (χ0v) is 17.4. The lowest BCUT2D eigenvalue weighted by molar-refractivity contribution is -0.139. The Bertz CT molecular complexity index is 1020. The van der Waals surface area contributed by atoms with Crippen LogP contribution in [0.2, 0.25) is 0 Å². The van der Waals surface area contributed by atoms with Crippen LogP contribution in [0.5, 0.6) is 0 Å². The molecule has 0 spiro atoms. The SMILES string of the molecule is Cc1ccc(C(=O)N[C@@H](Cc2ccccc2)C(=O)O)cc1S(=O)(=O)N1CCOCC1. The molecule has 0 radical (unpaired) electrons. The Kier molecular flexibility index (Phi) is 6.86. The number of nitrogens with zero attached hydrogens (tertiary/aromatic N) is 1. The van der Waals surface area contributed by atoms with E-state index in [-0.39, 0.29) is 30.0 Å². The summed E-state index contributed by atoms with van der Waals surface area (Å²) in [7, 11) is -3.79. The zero-order valence-electron chi connectivity index (χ0n) is 16.6. The van der Waals surface area contributed by atoms with Crippen LogP contribution in [0.4, 0.5) is 0 Å². The van der Waals surface area contributed by atoms with Crippen molar-refractivity contribution in [2.24, 2.45) is 0 Å². The van der Waals surface area contributed by atoms with Crippen LogP contribution < -0.4 is 5.32 Å². The van der Waals surface area contributed by atoms with E-state index in [1.807, 2.05) is 6.07 Å². The van der Waals surface area contributed by atoms with E-state index in [2.05, 4.69) is 5.32 Å². The third kappa shape index (κ3) is 5.05. The molecular formula is C21H24N2O6S. The van der Waals surface area contributed by atoms with Crippen LogP contribution in [-0.2, 0) is 26.0 Å². The number of hydrogen-bond donors (Lipinski definition) is 2. The van der Waals surface area contributed by atoms with Gasteiger partial charge in [0.1, 0.15) is 6.04 Å². The number of carbonyl (C=O) groups excluding carboxylic acids is 1. The third-order valence-electron chi connectivity index (χ3n) is 4.92. The summed E-state index contributed by atoms with van der Waals surface area (Å²) in [6, 6.07) is 12.2. The van der Waals surface area contributed by atoms with Gasteiger partial charge in [0, 0.05) is 25.1 Å². The fraction of sp³-hybridized carbons (Fsp3) is 0.333. The summed E-state index contributed by atoms with van der Waals surface area (Å²) in [6.07, 6.45) is 0.118. The van der Waals surface area contributed by atoms with Crippen LogP contribution in [0.1, 0.15) is 21.5 Å². The van der Waals surface area contributed by atoms with Gasteiger partial charge in [-0.15, -0.1) is 0 Å². The van der Waals surface area contributed by atoms with Gasteiger partial charge < -0.3 is 15.2 Å². The Labute approximate surface area is 175 Å². The van der Waals surface area contributed by atoms with Gasteiger partial charge in [-0.25, -0.2) is 13.2 Å². The van der Waals surface area contributed by atoms with Crippen LogP contribution in [0, 0.1) is 6.92 Å². The Morgan fingerprint density at radius 1 is 1.13 bits per heavy atom. The lowest BCUT2D eigenvalue weighted by Crippen LogP contribution is -2.42. The van der Waals surface area contributed by atoms with Crippen LogP contribution in [0.3, 0.4) is 0 Å². The average Bonchev–Trinajstić information content (AvgIpc) is 2.74. The van der Waals surface area contributed by atoms with Crippen molar-refractivity contribution in [1.82, 2.24) is 9.62 Å². The minimum absolute atomic E-state index is 0.0342. The first-order valence-corrected chi connectivity index (χ1v) is 11.0. The molecule has 1 amide bonds. The Balaban J connectivity index is 1.82. The number of carboxylic acid groups (broad SMARTS) is 1. The number of morpholine rings is 1. The molecule has 1 aliphatic rings. The van der Waals surface area contributed by atoms with Gasteiger partial charge in [-0.3, -0.25) is 4.79 Å². The summed E-state index contributed by atoms with van der Waals surface area (Å²) < 4.78 is 32.5. The number of carboxylic acids is 1. The van der Waals surface area contributed by atoms with E-state index in [1.54, 1.807) is 37.3 Å². The van der Waals surface area contributed by atoms with E-state index in [4.69, 9.17) is 4.74 Å². The maximum Gasteiger partial charge on any atom is 0.326 e. The van der Waals surface area contributed by atoms with E-state index in [9.17, 15) is 23.1 Å². The number of amides is 1. The lowest BCUT2D eigenvalue weighted by atomic mass is 10.1. The van der Waals surface area contributed by atoms with Crippen LogP contribution in [-0.4, -0.2) is 62.1 Å². The molecular weight excluding hydrogens is 408 g/mol. The first-order chi connectivity index (χ1) is 14.3. The minimum Gasteiger partial charge on any atom is -0.480 e. The predicted octanol–water partition coefficient (Wildman–Crippen LogP) is 1.44. The molecule has 30 heavy (non-hydrogen) atoms. The molecule has 2 aromatic carbocycles. The van der Waals surface area contributed by atoms with Gasteiger partial charge in [-0.2, -0.15) is 4.31 Å². The highest BCUT2D eigenvalue weighted by molar-refractivity contribution is 7.89. The highest BCUT2D eigenvalue weighted by atomic mass is 32.2. The number of rotatable bonds is 7. The second kappa shape index (κ2) is 9.38. The second-order valence-electron chi connectivity index (χ2n) is 7.05. The summed E-state index contributed by atoms with van der Waals surface area (Å²) in [5, 5.41) is 12.0. The van der Waals surface area contributed by atoms with Crippen molar-refractivity contribution < 1.29 is 27.9 Å². The second-order valence-corrected chi connectivity index (χ2v) is 8.96. The topological polar surface area (TPSA) is 113 Å². The Morgan fingerprint density at radius 3 is 2.43 bits per heavy atom. The predicted molar refractivity (Wildman–Crippen MR) is 110 cm³/mol. The molecule has 3 rings (SSSR count). The highest BCUT2D eigenvalue weighted by Crippen LogP contribution is 2.22. The van der Waals surface area contributed by atoms with Crippen LogP contribution >= 0.6 is 0 Å². The van der Waals surface area contributed by atoms with Crippen molar-refractivity contribution in [3.05, 3.63) is 65.2 Å².